The number of halogens is 1. The van der Waals surface area contributed by atoms with Gasteiger partial charge >= 0.3 is 0 Å². The Labute approximate surface area is 123 Å². The summed E-state index contributed by atoms with van der Waals surface area (Å²) in [5.74, 6) is -0.255. The molecule has 0 N–H and O–H groups in total. The minimum atomic E-state index is -0.255. The average molecular weight is 342 g/mol. The second-order valence-corrected chi connectivity index (χ2v) is 5.79. The number of benzene rings is 1. The zero-order valence-electron chi connectivity index (χ0n) is 10.3. The summed E-state index contributed by atoms with van der Waals surface area (Å²) in [6, 6.07) is 7.54. The van der Waals surface area contributed by atoms with Gasteiger partial charge in [0, 0.05) is 11.6 Å². The Bertz CT molecular complexity index is 527. The number of carbonyl (C=O) groups is 2. The van der Waals surface area contributed by atoms with Crippen molar-refractivity contribution in [2.45, 2.75) is 0 Å². The largest absolute Gasteiger partial charge is 0.383 e. The Hall–Kier alpha value is -1.11. The fourth-order valence-electron chi connectivity index (χ4n) is 1.59. The molecule has 2 amide bonds. The first kappa shape index (κ1) is 14.3. The first-order valence-corrected chi connectivity index (χ1v) is 7.22. The van der Waals surface area contributed by atoms with Gasteiger partial charge in [-0.05, 0) is 35.5 Å². The highest BCUT2D eigenvalue weighted by Crippen LogP contribution is 2.32. The van der Waals surface area contributed by atoms with E-state index >= 15 is 0 Å². The molecule has 0 unspecified atom stereocenters. The highest BCUT2D eigenvalue weighted by atomic mass is 79.9. The van der Waals surface area contributed by atoms with Gasteiger partial charge in [0.15, 0.2) is 0 Å². The van der Waals surface area contributed by atoms with Crippen molar-refractivity contribution < 1.29 is 14.3 Å². The molecule has 1 aliphatic heterocycles. The van der Waals surface area contributed by atoms with Crippen LogP contribution >= 0.6 is 27.7 Å². The van der Waals surface area contributed by atoms with E-state index in [-0.39, 0.29) is 11.1 Å². The van der Waals surface area contributed by atoms with Gasteiger partial charge in [-0.2, -0.15) is 0 Å². The molecule has 19 heavy (non-hydrogen) atoms. The van der Waals surface area contributed by atoms with Crippen LogP contribution in [0.5, 0.6) is 0 Å². The van der Waals surface area contributed by atoms with Crippen LogP contribution in [0.4, 0.5) is 4.79 Å². The van der Waals surface area contributed by atoms with Crippen LogP contribution in [0.25, 0.3) is 6.08 Å². The first-order valence-electron chi connectivity index (χ1n) is 5.61. The topological polar surface area (TPSA) is 46.6 Å². The number of nitrogens with zero attached hydrogens (tertiary/aromatic N) is 1. The van der Waals surface area contributed by atoms with E-state index in [0.29, 0.717) is 18.1 Å². The predicted molar refractivity (Wildman–Crippen MR) is 78.7 cm³/mol. The molecule has 0 bridgehead atoms. The maximum absolute atomic E-state index is 12.0. The molecule has 1 heterocycles. The number of amides is 2. The lowest BCUT2D eigenvalue weighted by molar-refractivity contribution is -0.123. The van der Waals surface area contributed by atoms with Crippen LogP contribution < -0.4 is 0 Å². The van der Waals surface area contributed by atoms with Gasteiger partial charge in [-0.1, -0.05) is 28.1 Å². The van der Waals surface area contributed by atoms with Crippen LogP contribution in [-0.2, 0) is 9.53 Å². The second-order valence-electron chi connectivity index (χ2n) is 3.88. The molecular formula is C13H12BrNO3S. The summed E-state index contributed by atoms with van der Waals surface area (Å²) in [6.45, 7) is 0.641. The summed E-state index contributed by atoms with van der Waals surface area (Å²) in [5, 5.41) is -0.245. The SMILES string of the molecule is COCCN1C(=O)S/C(=C/c2ccc(Br)cc2)C1=O. The van der Waals surface area contributed by atoms with E-state index in [9.17, 15) is 9.59 Å². The molecule has 0 aliphatic carbocycles. The lowest BCUT2D eigenvalue weighted by atomic mass is 10.2. The number of rotatable bonds is 4. The summed E-state index contributed by atoms with van der Waals surface area (Å²) in [6.07, 6.45) is 1.73. The van der Waals surface area contributed by atoms with E-state index in [1.807, 2.05) is 24.3 Å². The van der Waals surface area contributed by atoms with Gasteiger partial charge < -0.3 is 4.74 Å². The Balaban J connectivity index is 2.16. The molecule has 1 saturated heterocycles. The molecule has 0 spiro atoms. The monoisotopic (exact) mass is 341 g/mol. The van der Waals surface area contributed by atoms with Crippen molar-refractivity contribution >= 4 is 44.9 Å². The lowest BCUT2D eigenvalue weighted by Gasteiger charge is -2.10. The quantitative estimate of drug-likeness (QED) is 0.789. The van der Waals surface area contributed by atoms with Crippen molar-refractivity contribution in [3.63, 3.8) is 0 Å². The maximum atomic E-state index is 12.0. The van der Waals surface area contributed by atoms with Crippen LogP contribution in [0, 0.1) is 0 Å². The van der Waals surface area contributed by atoms with Gasteiger partial charge in [-0.25, -0.2) is 0 Å². The summed E-state index contributed by atoms with van der Waals surface area (Å²) in [5.41, 5.74) is 0.889. The summed E-state index contributed by atoms with van der Waals surface area (Å²) < 4.78 is 5.86. The Morgan fingerprint density at radius 2 is 2.00 bits per heavy atom. The maximum Gasteiger partial charge on any atom is 0.293 e. The minimum absolute atomic E-state index is 0.245. The second kappa shape index (κ2) is 6.36. The molecule has 1 fully saturated rings. The lowest BCUT2D eigenvalue weighted by Crippen LogP contribution is -2.31. The normalized spacial score (nSPS) is 17.6. The molecule has 2 rings (SSSR count). The third-order valence-corrected chi connectivity index (χ3v) is 4.00. The van der Waals surface area contributed by atoms with E-state index in [0.717, 1.165) is 21.8 Å². The van der Waals surface area contributed by atoms with Gasteiger partial charge in [0.1, 0.15) is 0 Å². The molecule has 1 aromatic rings. The number of ether oxygens (including phenoxy) is 1. The molecule has 0 atom stereocenters. The van der Waals surface area contributed by atoms with Crippen LogP contribution in [-0.4, -0.2) is 36.3 Å². The fourth-order valence-corrected chi connectivity index (χ4v) is 2.72. The van der Waals surface area contributed by atoms with E-state index in [1.165, 1.54) is 12.0 Å². The first-order chi connectivity index (χ1) is 9.11. The molecule has 1 aromatic carbocycles. The third kappa shape index (κ3) is 3.46. The van der Waals surface area contributed by atoms with Gasteiger partial charge in [-0.3, -0.25) is 14.5 Å². The van der Waals surface area contributed by atoms with Crippen LogP contribution in [0.2, 0.25) is 0 Å². The van der Waals surface area contributed by atoms with Crippen molar-refractivity contribution in [2.75, 3.05) is 20.3 Å². The number of carbonyl (C=O) groups excluding carboxylic acids is 2. The van der Waals surface area contributed by atoms with Crippen molar-refractivity contribution in [2.24, 2.45) is 0 Å². The van der Waals surface area contributed by atoms with Crippen molar-refractivity contribution in [1.29, 1.82) is 0 Å². The molecule has 0 saturated carbocycles. The number of methoxy groups -OCH3 is 1. The number of hydrogen-bond acceptors (Lipinski definition) is 4. The summed E-state index contributed by atoms with van der Waals surface area (Å²) >= 11 is 4.31. The van der Waals surface area contributed by atoms with Crippen molar-refractivity contribution in [3.8, 4) is 0 Å². The molecule has 4 nitrogen and oxygen atoms in total. The minimum Gasteiger partial charge on any atom is -0.383 e. The average Bonchev–Trinajstić information content (AvgIpc) is 2.65. The van der Waals surface area contributed by atoms with E-state index in [4.69, 9.17) is 4.74 Å². The zero-order valence-corrected chi connectivity index (χ0v) is 12.7. The number of hydrogen-bond donors (Lipinski definition) is 0. The Morgan fingerprint density at radius 1 is 1.32 bits per heavy atom. The van der Waals surface area contributed by atoms with E-state index in [1.54, 1.807) is 6.08 Å². The number of imide groups is 1. The van der Waals surface area contributed by atoms with Crippen LogP contribution in [0.15, 0.2) is 33.6 Å². The number of thioether (sulfide) groups is 1. The Kier molecular flexibility index (Phi) is 4.79. The van der Waals surface area contributed by atoms with Gasteiger partial charge in [0.2, 0.25) is 0 Å². The molecular weight excluding hydrogens is 330 g/mol. The highest BCUT2D eigenvalue weighted by molar-refractivity contribution is 9.10. The molecule has 100 valence electrons. The van der Waals surface area contributed by atoms with Gasteiger partial charge in [0.25, 0.3) is 11.1 Å². The van der Waals surface area contributed by atoms with E-state index in [2.05, 4.69) is 15.9 Å². The van der Waals surface area contributed by atoms with E-state index < -0.39 is 0 Å². The van der Waals surface area contributed by atoms with Crippen LogP contribution in [0.1, 0.15) is 5.56 Å². The smallest absolute Gasteiger partial charge is 0.293 e. The predicted octanol–water partition coefficient (Wildman–Crippen LogP) is 3.13. The Morgan fingerprint density at radius 3 is 2.63 bits per heavy atom. The van der Waals surface area contributed by atoms with Crippen LogP contribution in [0.3, 0.4) is 0 Å². The fraction of sp³-hybridized carbons (Fsp3) is 0.231. The molecule has 6 heteroatoms. The van der Waals surface area contributed by atoms with Crippen molar-refractivity contribution in [1.82, 2.24) is 4.90 Å². The summed E-state index contributed by atoms with van der Waals surface area (Å²) in [4.78, 5) is 25.4. The highest BCUT2D eigenvalue weighted by Gasteiger charge is 2.34. The molecule has 0 radical (unpaired) electrons. The molecule has 1 aliphatic rings. The van der Waals surface area contributed by atoms with Gasteiger partial charge in [-0.15, -0.1) is 0 Å². The summed E-state index contributed by atoms with van der Waals surface area (Å²) in [7, 11) is 1.54. The van der Waals surface area contributed by atoms with Gasteiger partial charge in [0.05, 0.1) is 18.1 Å². The standard InChI is InChI=1S/C13H12BrNO3S/c1-18-7-6-15-12(16)11(19-13(15)17)8-9-2-4-10(14)5-3-9/h2-5,8H,6-7H2,1H3/b11-8+. The zero-order chi connectivity index (χ0) is 13.8. The third-order valence-electron chi connectivity index (χ3n) is 2.56. The van der Waals surface area contributed by atoms with Crippen molar-refractivity contribution in [3.05, 3.63) is 39.2 Å². The molecule has 0 aromatic heterocycles.